The summed E-state index contributed by atoms with van der Waals surface area (Å²) >= 11 is 2.32. The second-order valence-electron chi connectivity index (χ2n) is 6.36. The summed E-state index contributed by atoms with van der Waals surface area (Å²) in [6.07, 6.45) is 0. The number of aryl methyl sites for hydroxylation is 1. The highest BCUT2D eigenvalue weighted by molar-refractivity contribution is 7.99. The smallest absolute Gasteiger partial charge is 0.316 e. The number of fused-ring (bicyclic) bond motifs is 3. The van der Waals surface area contributed by atoms with E-state index < -0.39 is 11.8 Å². The number of carbonyl (C=O) groups is 1. The number of nitrogens with zero attached hydrogens (tertiary/aromatic N) is 2. The summed E-state index contributed by atoms with van der Waals surface area (Å²) in [4.78, 5) is 29.8. The summed E-state index contributed by atoms with van der Waals surface area (Å²) in [6.45, 7) is 3.96. The van der Waals surface area contributed by atoms with Crippen LogP contribution in [0, 0.1) is 12.7 Å². The number of rotatable bonds is 5. The molecule has 2 aromatic heterocycles. The number of aromatic nitrogens is 2. The number of benzene rings is 2. The van der Waals surface area contributed by atoms with Crippen molar-refractivity contribution in [2.75, 3.05) is 12.4 Å². The SMILES string of the molecule is CCOC(=O)CSc1nc2c(sc3cccc(F)c32)c(=O)n1-c1ccc(C)cc1. The lowest BCUT2D eigenvalue weighted by Crippen LogP contribution is -2.21. The molecule has 0 bridgehead atoms. The van der Waals surface area contributed by atoms with Crippen molar-refractivity contribution in [3.05, 3.63) is 64.2 Å². The molecule has 0 spiro atoms. The number of hydrogen-bond acceptors (Lipinski definition) is 6. The van der Waals surface area contributed by atoms with Crippen LogP contribution in [-0.2, 0) is 9.53 Å². The summed E-state index contributed by atoms with van der Waals surface area (Å²) in [5, 5.41) is 0.654. The molecule has 0 fully saturated rings. The maximum Gasteiger partial charge on any atom is 0.316 e. The molecular weight excluding hydrogens is 411 g/mol. The quantitative estimate of drug-likeness (QED) is 0.262. The van der Waals surface area contributed by atoms with E-state index in [0.29, 0.717) is 31.1 Å². The maximum atomic E-state index is 14.5. The normalized spacial score (nSPS) is 11.3. The number of esters is 1. The van der Waals surface area contributed by atoms with E-state index in [0.717, 1.165) is 17.3 Å². The molecule has 2 heterocycles. The molecule has 0 atom stereocenters. The Morgan fingerprint density at radius 3 is 2.72 bits per heavy atom. The first-order chi connectivity index (χ1) is 14.0. The predicted molar refractivity (Wildman–Crippen MR) is 115 cm³/mol. The molecule has 4 rings (SSSR count). The van der Waals surface area contributed by atoms with Crippen LogP contribution in [0.25, 0.3) is 26.0 Å². The molecule has 0 unspecified atom stereocenters. The van der Waals surface area contributed by atoms with Crippen LogP contribution in [0.1, 0.15) is 12.5 Å². The Morgan fingerprint density at radius 2 is 2.00 bits per heavy atom. The molecule has 0 radical (unpaired) electrons. The number of ether oxygens (including phenoxy) is 1. The molecule has 0 N–H and O–H groups in total. The highest BCUT2D eigenvalue weighted by Gasteiger charge is 2.20. The van der Waals surface area contributed by atoms with Gasteiger partial charge < -0.3 is 4.74 Å². The highest BCUT2D eigenvalue weighted by Crippen LogP contribution is 2.34. The van der Waals surface area contributed by atoms with E-state index in [1.807, 2.05) is 31.2 Å². The number of hydrogen-bond donors (Lipinski definition) is 0. The van der Waals surface area contributed by atoms with E-state index in [1.165, 1.54) is 22.0 Å². The molecule has 4 aromatic rings. The third kappa shape index (κ3) is 3.65. The van der Waals surface area contributed by atoms with Crippen LogP contribution in [0.4, 0.5) is 4.39 Å². The maximum absolute atomic E-state index is 14.5. The van der Waals surface area contributed by atoms with E-state index in [1.54, 1.807) is 19.1 Å². The Balaban J connectivity index is 1.96. The van der Waals surface area contributed by atoms with Crippen molar-refractivity contribution >= 4 is 49.4 Å². The van der Waals surface area contributed by atoms with Crippen LogP contribution in [-0.4, -0.2) is 27.9 Å². The number of carbonyl (C=O) groups excluding carboxylic acids is 1. The summed E-state index contributed by atoms with van der Waals surface area (Å²) in [6, 6.07) is 12.2. The Morgan fingerprint density at radius 1 is 1.24 bits per heavy atom. The summed E-state index contributed by atoms with van der Waals surface area (Å²) < 4.78 is 22.0. The van der Waals surface area contributed by atoms with Gasteiger partial charge >= 0.3 is 5.97 Å². The minimum atomic E-state index is -0.421. The van der Waals surface area contributed by atoms with Crippen molar-refractivity contribution in [3.8, 4) is 5.69 Å². The van der Waals surface area contributed by atoms with E-state index in [9.17, 15) is 14.0 Å². The largest absolute Gasteiger partial charge is 0.465 e. The fourth-order valence-electron chi connectivity index (χ4n) is 3.02. The van der Waals surface area contributed by atoms with Gasteiger partial charge in [0, 0.05) is 4.70 Å². The summed E-state index contributed by atoms with van der Waals surface area (Å²) in [5.74, 6) is -0.818. The van der Waals surface area contributed by atoms with Crippen LogP contribution in [0.2, 0.25) is 0 Å². The first-order valence-electron chi connectivity index (χ1n) is 8.99. The first-order valence-corrected chi connectivity index (χ1v) is 10.8. The van der Waals surface area contributed by atoms with Gasteiger partial charge in [-0.3, -0.25) is 14.2 Å². The molecule has 0 aliphatic carbocycles. The van der Waals surface area contributed by atoms with Crippen LogP contribution in [0.5, 0.6) is 0 Å². The molecule has 148 valence electrons. The standard InChI is InChI=1S/C21H17FN2O3S2/c1-3-27-16(25)11-28-21-23-18-17-14(22)5-4-6-15(17)29-19(18)20(26)24(21)13-9-7-12(2)8-10-13/h4-10H,3,11H2,1-2H3. The molecule has 2 aromatic carbocycles. The fraction of sp³-hybridized carbons (Fsp3) is 0.190. The Labute approximate surface area is 174 Å². The van der Waals surface area contributed by atoms with Crippen molar-refractivity contribution < 1.29 is 13.9 Å². The van der Waals surface area contributed by atoms with Gasteiger partial charge in [-0.05, 0) is 38.1 Å². The van der Waals surface area contributed by atoms with Gasteiger partial charge in [0.25, 0.3) is 5.56 Å². The monoisotopic (exact) mass is 428 g/mol. The van der Waals surface area contributed by atoms with Crippen molar-refractivity contribution in [2.45, 2.75) is 19.0 Å². The van der Waals surface area contributed by atoms with Crippen LogP contribution >= 0.6 is 23.1 Å². The third-order valence-corrected chi connectivity index (χ3v) is 6.40. The zero-order valence-corrected chi connectivity index (χ0v) is 17.4. The van der Waals surface area contributed by atoms with Gasteiger partial charge in [-0.15, -0.1) is 11.3 Å². The van der Waals surface area contributed by atoms with Crippen molar-refractivity contribution in [3.63, 3.8) is 0 Å². The molecular formula is C21H17FN2O3S2. The lowest BCUT2D eigenvalue weighted by Gasteiger charge is -2.12. The number of thiophene rings is 1. The van der Waals surface area contributed by atoms with Crippen molar-refractivity contribution in [1.82, 2.24) is 9.55 Å². The number of halogens is 1. The lowest BCUT2D eigenvalue weighted by atomic mass is 10.2. The second kappa shape index (κ2) is 7.96. The number of thioether (sulfide) groups is 1. The van der Waals surface area contributed by atoms with Gasteiger partial charge in [-0.25, -0.2) is 9.37 Å². The molecule has 8 heteroatoms. The molecule has 5 nitrogen and oxygen atoms in total. The summed E-state index contributed by atoms with van der Waals surface area (Å²) in [7, 11) is 0. The van der Waals surface area contributed by atoms with Gasteiger partial charge in [0.05, 0.1) is 23.4 Å². The van der Waals surface area contributed by atoms with E-state index in [-0.39, 0.29) is 17.9 Å². The fourth-order valence-corrected chi connectivity index (χ4v) is 4.91. The minimum absolute atomic E-state index is 0.00218. The van der Waals surface area contributed by atoms with E-state index in [4.69, 9.17) is 4.74 Å². The average Bonchev–Trinajstić information content (AvgIpc) is 3.08. The van der Waals surface area contributed by atoms with E-state index >= 15 is 0 Å². The van der Waals surface area contributed by atoms with Crippen molar-refractivity contribution in [1.29, 1.82) is 0 Å². The highest BCUT2D eigenvalue weighted by atomic mass is 32.2. The summed E-state index contributed by atoms with van der Waals surface area (Å²) in [5.41, 5.74) is 1.73. The lowest BCUT2D eigenvalue weighted by molar-refractivity contribution is -0.139. The molecule has 29 heavy (non-hydrogen) atoms. The predicted octanol–water partition coefficient (Wildman–Crippen LogP) is 4.70. The van der Waals surface area contributed by atoms with Gasteiger partial charge in [0.15, 0.2) is 5.16 Å². The van der Waals surface area contributed by atoms with Crippen LogP contribution < -0.4 is 5.56 Å². The second-order valence-corrected chi connectivity index (χ2v) is 8.35. The van der Waals surface area contributed by atoms with Crippen LogP contribution in [0.3, 0.4) is 0 Å². The van der Waals surface area contributed by atoms with Crippen molar-refractivity contribution in [2.24, 2.45) is 0 Å². The zero-order chi connectivity index (χ0) is 20.5. The molecule has 0 saturated carbocycles. The minimum Gasteiger partial charge on any atom is -0.465 e. The first kappa shape index (κ1) is 19.6. The van der Waals surface area contributed by atoms with Gasteiger partial charge in [0.2, 0.25) is 0 Å². The van der Waals surface area contributed by atoms with Gasteiger partial charge in [-0.2, -0.15) is 0 Å². The van der Waals surface area contributed by atoms with Gasteiger partial charge in [0.1, 0.15) is 16.0 Å². The van der Waals surface area contributed by atoms with E-state index in [2.05, 4.69) is 4.98 Å². The van der Waals surface area contributed by atoms with Crippen LogP contribution in [0.15, 0.2) is 52.4 Å². The molecule has 0 aliphatic heterocycles. The third-order valence-electron chi connectivity index (χ3n) is 4.35. The Kier molecular flexibility index (Phi) is 5.38. The molecule has 0 aliphatic rings. The average molecular weight is 429 g/mol. The topological polar surface area (TPSA) is 61.2 Å². The Bertz CT molecular complexity index is 1280. The zero-order valence-electron chi connectivity index (χ0n) is 15.8. The molecule has 0 saturated heterocycles. The van der Waals surface area contributed by atoms with Gasteiger partial charge in [-0.1, -0.05) is 35.5 Å². The Hall–Kier alpha value is -2.71. The molecule has 0 amide bonds.